The maximum Gasteiger partial charge on any atom is 0.305 e. The number of nitrogens with zero attached hydrogens (tertiary/aromatic N) is 1. The van der Waals surface area contributed by atoms with Gasteiger partial charge in [-0.3, -0.25) is 9.79 Å². The number of carbonyl (C=O) groups excluding carboxylic acids is 1. The molecule has 0 unspecified atom stereocenters. The van der Waals surface area contributed by atoms with E-state index in [4.69, 9.17) is 4.74 Å². The Morgan fingerprint density at radius 2 is 1.82 bits per heavy atom. The zero-order valence-corrected chi connectivity index (χ0v) is 14.5. The number of guanidine groups is 1. The lowest BCUT2D eigenvalue weighted by atomic mass is 10.1. The molecule has 22 heavy (non-hydrogen) atoms. The van der Waals surface area contributed by atoms with Gasteiger partial charge in [-0.2, -0.15) is 0 Å². The molecule has 130 valence electrons. The van der Waals surface area contributed by atoms with Crippen LogP contribution < -0.4 is 10.6 Å². The highest BCUT2D eigenvalue weighted by atomic mass is 16.5. The van der Waals surface area contributed by atoms with Crippen LogP contribution in [0.1, 0.15) is 52.4 Å². The van der Waals surface area contributed by atoms with E-state index >= 15 is 0 Å². The average molecular weight is 315 g/mol. The summed E-state index contributed by atoms with van der Waals surface area (Å²) >= 11 is 0. The summed E-state index contributed by atoms with van der Waals surface area (Å²) in [5.74, 6) is 0.750. The number of ether oxygens (including phenoxy) is 2. The van der Waals surface area contributed by atoms with Gasteiger partial charge < -0.3 is 20.1 Å². The van der Waals surface area contributed by atoms with Gasteiger partial charge in [0.15, 0.2) is 5.96 Å². The summed E-state index contributed by atoms with van der Waals surface area (Å²) in [5, 5.41) is 6.56. The minimum absolute atomic E-state index is 0.119. The van der Waals surface area contributed by atoms with Gasteiger partial charge in [-0.25, -0.2) is 0 Å². The van der Waals surface area contributed by atoms with Gasteiger partial charge in [0.1, 0.15) is 0 Å². The Labute approximate surface area is 135 Å². The molecule has 2 N–H and O–H groups in total. The molecule has 0 bridgehead atoms. The SMILES string of the molecule is CCNC(=NCCCOCC)NCCCCCCC(=O)OC. The lowest BCUT2D eigenvalue weighted by molar-refractivity contribution is -0.140. The lowest BCUT2D eigenvalue weighted by Crippen LogP contribution is -2.37. The van der Waals surface area contributed by atoms with E-state index in [0.29, 0.717) is 6.42 Å². The van der Waals surface area contributed by atoms with Crippen molar-refractivity contribution in [3.8, 4) is 0 Å². The van der Waals surface area contributed by atoms with Crippen LogP contribution in [0, 0.1) is 0 Å². The normalized spacial score (nSPS) is 11.3. The van der Waals surface area contributed by atoms with Crippen LogP contribution in [0.25, 0.3) is 0 Å². The Bertz CT molecular complexity index is 296. The highest BCUT2D eigenvalue weighted by Crippen LogP contribution is 2.03. The van der Waals surface area contributed by atoms with Crippen molar-refractivity contribution >= 4 is 11.9 Å². The van der Waals surface area contributed by atoms with Gasteiger partial charge in [0, 0.05) is 39.3 Å². The third-order valence-corrected chi connectivity index (χ3v) is 3.09. The second-order valence-corrected chi connectivity index (χ2v) is 4.98. The predicted molar refractivity (Wildman–Crippen MR) is 90.2 cm³/mol. The van der Waals surface area contributed by atoms with Crippen molar-refractivity contribution in [2.45, 2.75) is 52.4 Å². The molecule has 0 heterocycles. The van der Waals surface area contributed by atoms with E-state index in [0.717, 1.165) is 70.9 Å². The number of nitrogens with one attached hydrogen (secondary N) is 2. The Balaban J connectivity index is 3.63. The number of hydrogen-bond donors (Lipinski definition) is 2. The van der Waals surface area contributed by atoms with Crippen molar-refractivity contribution < 1.29 is 14.3 Å². The molecule has 0 saturated carbocycles. The van der Waals surface area contributed by atoms with Gasteiger partial charge in [0.05, 0.1) is 7.11 Å². The van der Waals surface area contributed by atoms with Crippen molar-refractivity contribution in [1.82, 2.24) is 10.6 Å². The maximum absolute atomic E-state index is 11.0. The molecule has 0 spiro atoms. The van der Waals surface area contributed by atoms with Crippen LogP contribution in [0.4, 0.5) is 0 Å². The fourth-order valence-electron chi connectivity index (χ4n) is 1.90. The Hall–Kier alpha value is -1.30. The Morgan fingerprint density at radius 3 is 2.50 bits per heavy atom. The molecule has 0 saturated heterocycles. The molecule has 0 aromatic heterocycles. The standard InChI is InChI=1S/C16H33N3O3/c1-4-17-16(19-13-10-14-22-5-2)18-12-9-7-6-8-11-15(20)21-3/h4-14H2,1-3H3,(H2,17,18,19). The summed E-state index contributed by atoms with van der Waals surface area (Å²) in [6, 6.07) is 0. The third kappa shape index (κ3) is 13.7. The van der Waals surface area contributed by atoms with Crippen molar-refractivity contribution in [2.24, 2.45) is 4.99 Å². The lowest BCUT2D eigenvalue weighted by Gasteiger charge is -2.11. The first-order valence-electron chi connectivity index (χ1n) is 8.41. The molecule has 6 heteroatoms. The van der Waals surface area contributed by atoms with Crippen molar-refractivity contribution in [1.29, 1.82) is 0 Å². The first kappa shape index (κ1) is 20.7. The van der Waals surface area contributed by atoms with Crippen LogP contribution in [0.15, 0.2) is 4.99 Å². The Kier molecular flexibility index (Phi) is 15.1. The van der Waals surface area contributed by atoms with Gasteiger partial charge in [-0.1, -0.05) is 12.8 Å². The highest BCUT2D eigenvalue weighted by molar-refractivity contribution is 5.79. The predicted octanol–water partition coefficient (Wildman–Crippen LogP) is 2.09. The van der Waals surface area contributed by atoms with E-state index in [1.807, 2.05) is 6.92 Å². The monoisotopic (exact) mass is 315 g/mol. The van der Waals surface area contributed by atoms with Crippen LogP contribution in [-0.4, -0.2) is 51.9 Å². The van der Waals surface area contributed by atoms with Crippen LogP contribution in [-0.2, 0) is 14.3 Å². The number of carbonyl (C=O) groups is 1. The number of unbranched alkanes of at least 4 members (excludes halogenated alkanes) is 3. The summed E-state index contributed by atoms with van der Waals surface area (Å²) in [6.45, 7) is 8.11. The molecule has 0 fully saturated rings. The molecule has 0 rings (SSSR count). The first-order valence-corrected chi connectivity index (χ1v) is 8.41. The molecule has 0 aliphatic rings. The topological polar surface area (TPSA) is 72.0 Å². The highest BCUT2D eigenvalue weighted by Gasteiger charge is 2.00. The molecule has 0 radical (unpaired) electrons. The second-order valence-electron chi connectivity index (χ2n) is 4.98. The summed E-state index contributed by atoms with van der Waals surface area (Å²) in [6.07, 6.45) is 5.60. The molecule has 0 aromatic rings. The summed E-state index contributed by atoms with van der Waals surface area (Å²) in [4.78, 5) is 15.5. The Morgan fingerprint density at radius 1 is 1.05 bits per heavy atom. The molecular formula is C16H33N3O3. The quantitative estimate of drug-likeness (QED) is 0.236. The van der Waals surface area contributed by atoms with Gasteiger partial charge in [-0.15, -0.1) is 0 Å². The molecule has 0 aromatic carbocycles. The number of esters is 1. The summed E-state index contributed by atoms with van der Waals surface area (Å²) in [5.41, 5.74) is 0. The van der Waals surface area contributed by atoms with Gasteiger partial charge in [0.25, 0.3) is 0 Å². The first-order chi connectivity index (χ1) is 10.7. The van der Waals surface area contributed by atoms with Crippen molar-refractivity contribution in [3.05, 3.63) is 0 Å². The molecule has 0 aliphatic heterocycles. The van der Waals surface area contributed by atoms with Crippen LogP contribution in [0.3, 0.4) is 0 Å². The summed E-state index contributed by atoms with van der Waals surface area (Å²) in [7, 11) is 1.43. The zero-order valence-electron chi connectivity index (χ0n) is 14.5. The fraction of sp³-hybridized carbons (Fsp3) is 0.875. The minimum atomic E-state index is -0.119. The molecule has 6 nitrogen and oxygen atoms in total. The molecular weight excluding hydrogens is 282 g/mol. The second kappa shape index (κ2) is 16.1. The van der Waals surface area contributed by atoms with Gasteiger partial charge in [0.2, 0.25) is 0 Å². The van der Waals surface area contributed by atoms with Crippen LogP contribution in [0.2, 0.25) is 0 Å². The largest absolute Gasteiger partial charge is 0.469 e. The number of rotatable bonds is 13. The van der Waals surface area contributed by atoms with Crippen molar-refractivity contribution in [2.75, 3.05) is 40.0 Å². The average Bonchev–Trinajstić information content (AvgIpc) is 2.53. The van der Waals surface area contributed by atoms with E-state index in [2.05, 4.69) is 27.3 Å². The van der Waals surface area contributed by atoms with E-state index in [9.17, 15) is 4.79 Å². The van der Waals surface area contributed by atoms with Gasteiger partial charge >= 0.3 is 5.97 Å². The zero-order chi connectivity index (χ0) is 16.5. The number of methoxy groups -OCH3 is 1. The van der Waals surface area contributed by atoms with Crippen LogP contribution >= 0.6 is 0 Å². The van der Waals surface area contributed by atoms with E-state index in [-0.39, 0.29) is 5.97 Å². The van der Waals surface area contributed by atoms with E-state index < -0.39 is 0 Å². The molecule has 0 aliphatic carbocycles. The molecule has 0 amide bonds. The minimum Gasteiger partial charge on any atom is -0.469 e. The fourth-order valence-corrected chi connectivity index (χ4v) is 1.90. The number of hydrogen-bond acceptors (Lipinski definition) is 4. The smallest absolute Gasteiger partial charge is 0.305 e. The van der Waals surface area contributed by atoms with Gasteiger partial charge in [-0.05, 0) is 33.1 Å². The van der Waals surface area contributed by atoms with Crippen molar-refractivity contribution in [3.63, 3.8) is 0 Å². The van der Waals surface area contributed by atoms with E-state index in [1.54, 1.807) is 0 Å². The molecule has 0 atom stereocenters. The van der Waals surface area contributed by atoms with E-state index in [1.165, 1.54) is 7.11 Å². The number of aliphatic imine (C=N–C) groups is 1. The summed E-state index contributed by atoms with van der Waals surface area (Å²) < 4.78 is 9.91. The van der Waals surface area contributed by atoms with Crippen LogP contribution in [0.5, 0.6) is 0 Å². The third-order valence-electron chi connectivity index (χ3n) is 3.09. The maximum atomic E-state index is 11.0.